The lowest BCUT2D eigenvalue weighted by Gasteiger charge is -2.08. The van der Waals surface area contributed by atoms with Crippen LogP contribution in [0.25, 0.3) is 0 Å². The second-order valence-corrected chi connectivity index (χ2v) is 6.60. The first-order chi connectivity index (χ1) is 8.50. The number of hydrogen-bond acceptors (Lipinski definition) is 2. The lowest BCUT2D eigenvalue weighted by atomic mass is 10.0. The molecular formula is C14H17NO2S. The number of aromatic nitrogens is 1. The summed E-state index contributed by atoms with van der Waals surface area (Å²) in [6.07, 6.45) is 4.04. The first kappa shape index (κ1) is 12.9. The molecule has 1 aromatic heterocycles. The first-order valence-corrected chi connectivity index (χ1v) is 7.41. The molecule has 0 saturated carbocycles. The fourth-order valence-electron chi connectivity index (χ4n) is 1.87. The smallest absolute Gasteiger partial charge is 0.249 e. The normalized spacial score (nSPS) is 11.9. The summed E-state index contributed by atoms with van der Waals surface area (Å²) in [4.78, 5) is 0.325. The number of nitrogens with zero attached hydrogens (tertiary/aromatic N) is 1. The molecular weight excluding hydrogens is 246 g/mol. The fourth-order valence-corrected chi connectivity index (χ4v) is 3.05. The zero-order valence-electron chi connectivity index (χ0n) is 10.6. The molecule has 0 radical (unpaired) electrons. The Balaban J connectivity index is 2.30. The van der Waals surface area contributed by atoms with E-state index in [4.69, 9.17) is 0 Å². The van der Waals surface area contributed by atoms with Gasteiger partial charge in [0.05, 0.1) is 4.90 Å². The van der Waals surface area contributed by atoms with E-state index in [1.54, 1.807) is 24.3 Å². The van der Waals surface area contributed by atoms with Crippen molar-refractivity contribution in [3.63, 3.8) is 0 Å². The van der Waals surface area contributed by atoms with Crippen molar-refractivity contribution in [2.75, 3.05) is 0 Å². The van der Waals surface area contributed by atoms with Crippen LogP contribution in [0.1, 0.15) is 19.4 Å². The van der Waals surface area contributed by atoms with Crippen LogP contribution >= 0.6 is 0 Å². The van der Waals surface area contributed by atoms with E-state index < -0.39 is 10.0 Å². The second kappa shape index (κ2) is 4.98. The highest BCUT2D eigenvalue weighted by Crippen LogP contribution is 2.16. The number of benzene rings is 1. The van der Waals surface area contributed by atoms with E-state index in [2.05, 4.69) is 13.8 Å². The van der Waals surface area contributed by atoms with Gasteiger partial charge in [0.1, 0.15) is 0 Å². The summed E-state index contributed by atoms with van der Waals surface area (Å²) >= 11 is 0. The maximum Gasteiger partial charge on any atom is 0.267 e. The number of hydrogen-bond donors (Lipinski definition) is 0. The minimum Gasteiger partial charge on any atom is -0.249 e. The van der Waals surface area contributed by atoms with Gasteiger partial charge in [-0.3, -0.25) is 0 Å². The van der Waals surface area contributed by atoms with E-state index in [0.717, 1.165) is 12.0 Å². The Kier molecular flexibility index (Phi) is 3.57. The van der Waals surface area contributed by atoms with Crippen molar-refractivity contribution in [3.8, 4) is 0 Å². The summed E-state index contributed by atoms with van der Waals surface area (Å²) in [6, 6.07) is 10.5. The third-order valence-corrected chi connectivity index (χ3v) is 4.39. The average Bonchev–Trinajstić information content (AvgIpc) is 2.83. The van der Waals surface area contributed by atoms with Gasteiger partial charge in [0.2, 0.25) is 0 Å². The maximum absolute atomic E-state index is 12.2. The van der Waals surface area contributed by atoms with Crippen LogP contribution in [0.4, 0.5) is 0 Å². The molecule has 4 heteroatoms. The van der Waals surface area contributed by atoms with Crippen molar-refractivity contribution in [1.82, 2.24) is 3.97 Å². The summed E-state index contributed by atoms with van der Waals surface area (Å²) < 4.78 is 25.6. The van der Waals surface area contributed by atoms with Gasteiger partial charge in [-0.1, -0.05) is 26.0 Å². The molecule has 0 aliphatic rings. The van der Waals surface area contributed by atoms with E-state index in [0.29, 0.717) is 10.8 Å². The highest BCUT2D eigenvalue weighted by atomic mass is 32.2. The van der Waals surface area contributed by atoms with Gasteiger partial charge in [-0.2, -0.15) is 0 Å². The molecule has 96 valence electrons. The van der Waals surface area contributed by atoms with Crippen molar-refractivity contribution in [2.45, 2.75) is 25.2 Å². The van der Waals surface area contributed by atoms with Gasteiger partial charge in [0.25, 0.3) is 10.0 Å². The van der Waals surface area contributed by atoms with E-state index >= 15 is 0 Å². The fraction of sp³-hybridized carbons (Fsp3) is 0.286. The molecule has 0 unspecified atom stereocenters. The Bertz CT molecular complexity index is 596. The van der Waals surface area contributed by atoms with Gasteiger partial charge >= 0.3 is 0 Å². The summed E-state index contributed by atoms with van der Waals surface area (Å²) in [5.41, 5.74) is 1.16. The van der Waals surface area contributed by atoms with Crippen molar-refractivity contribution >= 4 is 10.0 Å². The van der Waals surface area contributed by atoms with Gasteiger partial charge in [0, 0.05) is 12.4 Å². The molecule has 1 heterocycles. The van der Waals surface area contributed by atoms with Crippen molar-refractivity contribution in [1.29, 1.82) is 0 Å². The molecule has 0 aliphatic carbocycles. The Morgan fingerprint density at radius 3 is 2.11 bits per heavy atom. The zero-order valence-corrected chi connectivity index (χ0v) is 11.4. The summed E-state index contributed by atoms with van der Waals surface area (Å²) in [6.45, 7) is 4.29. The molecule has 3 nitrogen and oxygen atoms in total. The van der Waals surface area contributed by atoms with E-state index in [1.807, 2.05) is 12.1 Å². The minimum absolute atomic E-state index is 0.325. The highest BCUT2D eigenvalue weighted by molar-refractivity contribution is 7.90. The largest absolute Gasteiger partial charge is 0.267 e. The molecule has 0 amide bonds. The molecule has 0 aliphatic heterocycles. The Morgan fingerprint density at radius 1 is 1.06 bits per heavy atom. The lowest BCUT2D eigenvalue weighted by Crippen LogP contribution is -2.10. The third kappa shape index (κ3) is 2.64. The van der Waals surface area contributed by atoms with Crippen molar-refractivity contribution < 1.29 is 8.42 Å². The van der Waals surface area contributed by atoms with E-state index in [-0.39, 0.29) is 0 Å². The Labute approximate surface area is 108 Å². The van der Waals surface area contributed by atoms with Gasteiger partial charge in [-0.05, 0) is 42.2 Å². The Morgan fingerprint density at radius 2 is 1.61 bits per heavy atom. The molecule has 2 rings (SSSR count). The Hall–Kier alpha value is -1.55. The van der Waals surface area contributed by atoms with Gasteiger partial charge in [-0.15, -0.1) is 0 Å². The lowest BCUT2D eigenvalue weighted by molar-refractivity contribution is 0.587. The predicted octanol–water partition coefficient (Wildman–Crippen LogP) is 2.92. The molecule has 0 bridgehead atoms. The van der Waals surface area contributed by atoms with Crippen LogP contribution in [0.5, 0.6) is 0 Å². The van der Waals surface area contributed by atoms with Crippen molar-refractivity contribution in [3.05, 3.63) is 54.4 Å². The van der Waals surface area contributed by atoms with E-state index in [1.165, 1.54) is 16.4 Å². The summed E-state index contributed by atoms with van der Waals surface area (Å²) in [5, 5.41) is 0. The maximum atomic E-state index is 12.2. The van der Waals surface area contributed by atoms with Crippen LogP contribution in [0.2, 0.25) is 0 Å². The average molecular weight is 263 g/mol. The van der Waals surface area contributed by atoms with Crippen LogP contribution in [0, 0.1) is 5.92 Å². The topological polar surface area (TPSA) is 39.1 Å². The standard InChI is InChI=1S/C14H17NO2S/c1-12(2)11-13-5-7-14(8-6-13)18(16,17)15-9-3-4-10-15/h3-10,12H,11H2,1-2H3. The SMILES string of the molecule is CC(C)Cc1ccc(S(=O)(=O)n2cccc2)cc1. The van der Waals surface area contributed by atoms with Gasteiger partial charge < -0.3 is 0 Å². The highest BCUT2D eigenvalue weighted by Gasteiger charge is 2.15. The first-order valence-electron chi connectivity index (χ1n) is 5.97. The second-order valence-electron chi connectivity index (χ2n) is 4.76. The summed E-state index contributed by atoms with van der Waals surface area (Å²) in [7, 11) is -3.42. The molecule has 1 aromatic carbocycles. The zero-order chi connectivity index (χ0) is 13.2. The molecule has 0 atom stereocenters. The monoisotopic (exact) mass is 263 g/mol. The van der Waals surface area contributed by atoms with E-state index in [9.17, 15) is 8.42 Å². The molecule has 0 fully saturated rings. The van der Waals surface area contributed by atoms with Crippen LogP contribution in [0.15, 0.2) is 53.7 Å². The molecule has 2 aromatic rings. The minimum atomic E-state index is -3.42. The quantitative estimate of drug-likeness (QED) is 0.850. The summed E-state index contributed by atoms with van der Waals surface area (Å²) in [5.74, 6) is 0.567. The van der Waals surface area contributed by atoms with Gasteiger partial charge in [-0.25, -0.2) is 12.4 Å². The van der Waals surface area contributed by atoms with Crippen LogP contribution in [0.3, 0.4) is 0 Å². The predicted molar refractivity (Wildman–Crippen MR) is 72.0 cm³/mol. The third-order valence-electron chi connectivity index (χ3n) is 2.72. The van der Waals surface area contributed by atoms with Crippen LogP contribution in [-0.4, -0.2) is 12.4 Å². The molecule has 0 saturated heterocycles. The molecule has 0 N–H and O–H groups in total. The van der Waals surface area contributed by atoms with Gasteiger partial charge in [0.15, 0.2) is 0 Å². The van der Waals surface area contributed by atoms with Crippen LogP contribution in [-0.2, 0) is 16.4 Å². The number of rotatable bonds is 4. The van der Waals surface area contributed by atoms with Crippen molar-refractivity contribution in [2.24, 2.45) is 5.92 Å². The molecule has 0 spiro atoms. The molecule has 18 heavy (non-hydrogen) atoms. The van der Waals surface area contributed by atoms with Crippen LogP contribution < -0.4 is 0 Å².